The molecule has 1 aromatic carbocycles. The Morgan fingerprint density at radius 3 is 2.79 bits per heavy atom. The molecular weight excluding hydrogens is 354 g/mol. The lowest BCUT2D eigenvalue weighted by Crippen LogP contribution is -2.29. The summed E-state index contributed by atoms with van der Waals surface area (Å²) in [6.45, 7) is 4.82. The molecule has 1 amide bonds. The van der Waals surface area contributed by atoms with Crippen LogP contribution in [0.1, 0.15) is 12.8 Å². The maximum absolute atomic E-state index is 12.0. The summed E-state index contributed by atoms with van der Waals surface area (Å²) < 4.78 is 31.6. The van der Waals surface area contributed by atoms with Gasteiger partial charge in [0.2, 0.25) is 15.9 Å². The molecule has 1 rings (SSSR count). The van der Waals surface area contributed by atoms with Gasteiger partial charge in [0.15, 0.2) is 0 Å². The Morgan fingerprint density at radius 1 is 1.38 bits per heavy atom. The van der Waals surface area contributed by atoms with E-state index in [9.17, 15) is 13.2 Å². The summed E-state index contributed by atoms with van der Waals surface area (Å²) in [4.78, 5) is 11.9. The number of hydrogen-bond acceptors (Lipinski definition) is 5. The first-order valence-corrected chi connectivity index (χ1v) is 8.76. The number of anilines is 1. The van der Waals surface area contributed by atoms with Crippen molar-refractivity contribution >= 4 is 34.0 Å². The van der Waals surface area contributed by atoms with E-state index in [4.69, 9.17) is 10.5 Å². The Hall–Kier alpha value is -1.45. The molecule has 0 aliphatic rings. The van der Waals surface area contributed by atoms with Gasteiger partial charge >= 0.3 is 0 Å². The SMILES string of the molecule is C=CCOCCCC(=O)Nc1cccc(S(=O)(=O)NCCN)c1.Cl. The van der Waals surface area contributed by atoms with Gasteiger partial charge in [-0.2, -0.15) is 0 Å². The maximum atomic E-state index is 12.0. The molecule has 0 aliphatic carbocycles. The minimum absolute atomic E-state index is 0. The summed E-state index contributed by atoms with van der Waals surface area (Å²) in [5.74, 6) is -0.198. The van der Waals surface area contributed by atoms with Crippen molar-refractivity contribution in [3.05, 3.63) is 36.9 Å². The topological polar surface area (TPSA) is 111 Å². The van der Waals surface area contributed by atoms with E-state index in [2.05, 4.69) is 16.6 Å². The molecule has 9 heteroatoms. The number of rotatable bonds is 11. The monoisotopic (exact) mass is 377 g/mol. The third-order valence-electron chi connectivity index (χ3n) is 2.79. The Bertz CT molecular complexity index is 623. The van der Waals surface area contributed by atoms with Gasteiger partial charge in [0.25, 0.3) is 0 Å². The molecule has 0 saturated carbocycles. The Kier molecular flexibility index (Phi) is 11.3. The van der Waals surface area contributed by atoms with Crippen LogP contribution in [0.25, 0.3) is 0 Å². The number of carbonyl (C=O) groups excluding carboxylic acids is 1. The maximum Gasteiger partial charge on any atom is 0.240 e. The van der Waals surface area contributed by atoms with Crippen molar-refractivity contribution in [1.82, 2.24) is 4.72 Å². The number of hydrogen-bond donors (Lipinski definition) is 3. The van der Waals surface area contributed by atoms with Crippen LogP contribution in [0.2, 0.25) is 0 Å². The molecule has 0 aromatic heterocycles. The van der Waals surface area contributed by atoms with E-state index in [0.29, 0.717) is 31.7 Å². The first kappa shape index (κ1) is 22.6. The zero-order valence-electron chi connectivity index (χ0n) is 13.4. The van der Waals surface area contributed by atoms with Crippen molar-refractivity contribution < 1.29 is 17.9 Å². The van der Waals surface area contributed by atoms with Crippen molar-refractivity contribution in [2.75, 3.05) is 31.6 Å². The summed E-state index contributed by atoms with van der Waals surface area (Å²) >= 11 is 0. The minimum atomic E-state index is -3.62. The predicted molar refractivity (Wildman–Crippen MR) is 96.8 cm³/mol. The van der Waals surface area contributed by atoms with Gasteiger partial charge in [-0.3, -0.25) is 4.79 Å². The molecule has 0 aliphatic heterocycles. The number of nitrogens with two attached hydrogens (primary N) is 1. The fourth-order valence-corrected chi connectivity index (χ4v) is 2.84. The zero-order chi connectivity index (χ0) is 17.1. The Labute approximate surface area is 149 Å². The lowest BCUT2D eigenvalue weighted by Gasteiger charge is -2.09. The van der Waals surface area contributed by atoms with Crippen LogP contribution in [0, 0.1) is 0 Å². The molecule has 1 aromatic rings. The molecule has 0 spiro atoms. The average Bonchev–Trinajstić information content (AvgIpc) is 2.53. The standard InChI is InChI=1S/C15H23N3O4S.ClH/c1-2-10-22-11-4-7-15(19)18-13-5-3-6-14(12-13)23(20,21)17-9-8-16;/h2-3,5-6,12,17H,1,4,7-11,16H2,(H,18,19);1H. The summed E-state index contributed by atoms with van der Waals surface area (Å²) in [6, 6.07) is 6.07. The van der Waals surface area contributed by atoms with Crippen LogP contribution in [0.5, 0.6) is 0 Å². The Balaban J connectivity index is 0.00000529. The van der Waals surface area contributed by atoms with Crippen molar-refractivity contribution in [1.29, 1.82) is 0 Å². The first-order chi connectivity index (χ1) is 11.0. The summed E-state index contributed by atoms with van der Waals surface area (Å²) in [7, 11) is -3.62. The fraction of sp³-hybridized carbons (Fsp3) is 0.400. The molecule has 0 fully saturated rings. The van der Waals surface area contributed by atoms with Crippen LogP contribution in [0.15, 0.2) is 41.8 Å². The summed E-state index contributed by atoms with van der Waals surface area (Å²) in [6.07, 6.45) is 2.51. The van der Waals surface area contributed by atoms with E-state index in [0.717, 1.165) is 0 Å². The highest BCUT2D eigenvalue weighted by Crippen LogP contribution is 2.15. The van der Waals surface area contributed by atoms with Crippen LogP contribution in [-0.4, -0.2) is 40.6 Å². The highest BCUT2D eigenvalue weighted by atomic mass is 35.5. The molecule has 4 N–H and O–H groups in total. The highest BCUT2D eigenvalue weighted by molar-refractivity contribution is 7.89. The van der Waals surface area contributed by atoms with Gasteiger partial charge in [-0.05, 0) is 24.6 Å². The highest BCUT2D eigenvalue weighted by Gasteiger charge is 2.13. The molecule has 0 bridgehead atoms. The van der Waals surface area contributed by atoms with Crippen LogP contribution >= 0.6 is 12.4 Å². The van der Waals surface area contributed by atoms with E-state index in [1.165, 1.54) is 12.1 Å². The largest absolute Gasteiger partial charge is 0.377 e. The third kappa shape index (κ3) is 8.42. The number of nitrogens with one attached hydrogen (secondary N) is 2. The molecule has 136 valence electrons. The van der Waals surface area contributed by atoms with Crippen molar-refractivity contribution in [3.63, 3.8) is 0 Å². The second-order valence-electron chi connectivity index (χ2n) is 4.73. The third-order valence-corrected chi connectivity index (χ3v) is 4.25. The quantitative estimate of drug-likeness (QED) is 0.397. The van der Waals surface area contributed by atoms with E-state index >= 15 is 0 Å². The second-order valence-corrected chi connectivity index (χ2v) is 6.50. The van der Waals surface area contributed by atoms with E-state index in [-0.39, 0.29) is 36.3 Å². The van der Waals surface area contributed by atoms with Crippen molar-refractivity contribution in [3.8, 4) is 0 Å². The second kappa shape index (κ2) is 12.0. The molecule has 0 radical (unpaired) electrons. The fourth-order valence-electron chi connectivity index (χ4n) is 1.74. The van der Waals surface area contributed by atoms with Gasteiger partial charge in [-0.25, -0.2) is 13.1 Å². The zero-order valence-corrected chi connectivity index (χ0v) is 15.0. The van der Waals surface area contributed by atoms with Crippen LogP contribution in [-0.2, 0) is 19.6 Å². The molecule has 24 heavy (non-hydrogen) atoms. The van der Waals surface area contributed by atoms with Crippen LogP contribution < -0.4 is 15.8 Å². The van der Waals surface area contributed by atoms with Gasteiger partial charge in [0.1, 0.15) is 0 Å². The number of halogens is 1. The molecule has 0 unspecified atom stereocenters. The normalized spacial score (nSPS) is 10.7. The molecular formula is C15H24ClN3O4S. The first-order valence-electron chi connectivity index (χ1n) is 7.28. The lowest BCUT2D eigenvalue weighted by atomic mass is 10.2. The smallest absolute Gasteiger partial charge is 0.240 e. The summed E-state index contributed by atoms with van der Waals surface area (Å²) in [5, 5.41) is 2.67. The average molecular weight is 378 g/mol. The number of carbonyl (C=O) groups is 1. The van der Waals surface area contributed by atoms with E-state index in [1.54, 1.807) is 18.2 Å². The summed E-state index contributed by atoms with van der Waals surface area (Å²) in [5.41, 5.74) is 5.72. The lowest BCUT2D eigenvalue weighted by molar-refractivity contribution is -0.116. The number of sulfonamides is 1. The number of benzene rings is 1. The van der Waals surface area contributed by atoms with Crippen molar-refractivity contribution in [2.45, 2.75) is 17.7 Å². The number of ether oxygens (including phenoxy) is 1. The Morgan fingerprint density at radius 2 is 2.12 bits per heavy atom. The van der Waals surface area contributed by atoms with Crippen molar-refractivity contribution in [2.24, 2.45) is 5.73 Å². The van der Waals surface area contributed by atoms with Gasteiger partial charge in [0, 0.05) is 31.8 Å². The molecule has 0 saturated heterocycles. The van der Waals surface area contributed by atoms with Crippen LogP contribution in [0.3, 0.4) is 0 Å². The van der Waals surface area contributed by atoms with E-state index in [1.807, 2.05) is 0 Å². The van der Waals surface area contributed by atoms with Gasteiger partial charge in [-0.15, -0.1) is 19.0 Å². The predicted octanol–water partition coefficient (Wildman–Crippen LogP) is 1.27. The number of amides is 1. The molecule has 7 nitrogen and oxygen atoms in total. The molecule has 0 atom stereocenters. The minimum Gasteiger partial charge on any atom is -0.377 e. The van der Waals surface area contributed by atoms with E-state index < -0.39 is 10.0 Å². The van der Waals surface area contributed by atoms with Crippen LogP contribution in [0.4, 0.5) is 5.69 Å². The van der Waals surface area contributed by atoms with Gasteiger partial charge in [0.05, 0.1) is 11.5 Å². The molecule has 0 heterocycles. The van der Waals surface area contributed by atoms with Gasteiger partial charge < -0.3 is 15.8 Å². The van der Waals surface area contributed by atoms with Gasteiger partial charge in [-0.1, -0.05) is 12.1 Å².